The molecule has 0 saturated carbocycles. The molecule has 0 bridgehead atoms. The Hall–Kier alpha value is -2.93. The van der Waals surface area contributed by atoms with E-state index in [1.54, 1.807) is 24.1 Å². The van der Waals surface area contributed by atoms with Crippen molar-refractivity contribution in [3.63, 3.8) is 0 Å². The molecular formula is C20H16N2O4S. The number of benzene rings is 1. The summed E-state index contributed by atoms with van der Waals surface area (Å²) in [5.41, 5.74) is 3.47. The van der Waals surface area contributed by atoms with Crippen LogP contribution in [-0.4, -0.2) is 23.2 Å². The first-order valence-corrected chi connectivity index (χ1v) is 9.57. The van der Waals surface area contributed by atoms with Crippen LogP contribution in [0.1, 0.15) is 24.1 Å². The van der Waals surface area contributed by atoms with Crippen molar-refractivity contribution in [2.45, 2.75) is 25.7 Å². The number of carbonyl (C=O) groups excluding carboxylic acids is 2. The Morgan fingerprint density at radius 3 is 2.93 bits per heavy atom. The number of esters is 1. The number of anilines is 1. The first kappa shape index (κ1) is 16.3. The molecule has 1 aliphatic carbocycles. The van der Waals surface area contributed by atoms with Crippen LogP contribution in [0.25, 0.3) is 0 Å². The highest BCUT2D eigenvalue weighted by molar-refractivity contribution is 7.13. The van der Waals surface area contributed by atoms with Gasteiger partial charge in [0.15, 0.2) is 5.13 Å². The second-order valence-corrected chi connectivity index (χ2v) is 7.65. The van der Waals surface area contributed by atoms with Gasteiger partial charge >= 0.3 is 5.97 Å². The molecule has 0 radical (unpaired) electrons. The van der Waals surface area contributed by atoms with E-state index < -0.39 is 12.3 Å². The summed E-state index contributed by atoms with van der Waals surface area (Å²) in [6, 6.07) is 8.10. The van der Waals surface area contributed by atoms with E-state index >= 15 is 0 Å². The van der Waals surface area contributed by atoms with Crippen molar-refractivity contribution in [2.24, 2.45) is 5.92 Å². The quantitative estimate of drug-likeness (QED) is 0.465. The SMILES string of the molecule is CC1=CC(O/C=C2/C(=O)N(c3nccs3)C3c4ccccc4CC23)OC1=O. The maximum absolute atomic E-state index is 13.2. The lowest BCUT2D eigenvalue weighted by Gasteiger charge is -2.21. The van der Waals surface area contributed by atoms with Gasteiger partial charge in [0.25, 0.3) is 12.2 Å². The Labute approximate surface area is 159 Å². The number of aromatic nitrogens is 1. The average Bonchev–Trinajstić information content (AvgIpc) is 3.40. The molecule has 3 aliphatic rings. The van der Waals surface area contributed by atoms with Gasteiger partial charge in [-0.1, -0.05) is 24.3 Å². The minimum absolute atomic E-state index is 0.0130. The Balaban J connectivity index is 1.51. The first-order chi connectivity index (χ1) is 13.1. The number of rotatable bonds is 3. The fraction of sp³-hybridized carbons (Fsp3) is 0.250. The van der Waals surface area contributed by atoms with Crippen LogP contribution >= 0.6 is 11.3 Å². The number of ether oxygens (including phenoxy) is 2. The highest BCUT2D eigenvalue weighted by Crippen LogP contribution is 2.51. The van der Waals surface area contributed by atoms with E-state index in [4.69, 9.17) is 9.47 Å². The van der Waals surface area contributed by atoms with Gasteiger partial charge < -0.3 is 9.47 Å². The molecule has 5 rings (SSSR count). The molecule has 1 fully saturated rings. The largest absolute Gasteiger partial charge is 0.458 e. The van der Waals surface area contributed by atoms with Gasteiger partial charge in [-0.15, -0.1) is 11.3 Å². The predicted molar refractivity (Wildman–Crippen MR) is 98.8 cm³/mol. The summed E-state index contributed by atoms with van der Waals surface area (Å²) in [6.07, 6.45) is 4.76. The highest BCUT2D eigenvalue weighted by atomic mass is 32.1. The smallest absolute Gasteiger partial charge is 0.336 e. The molecule has 2 aromatic rings. The van der Waals surface area contributed by atoms with Crippen LogP contribution in [0.15, 0.2) is 59.3 Å². The zero-order valence-corrected chi connectivity index (χ0v) is 15.3. The number of cyclic esters (lactones) is 1. The standard InChI is InChI=1S/C20H16N2O4S/c1-11-8-16(26-19(11)24)25-10-15-14-9-12-4-2-3-5-13(12)17(14)22(18(15)23)20-21-6-7-27-20/h2-8,10,14,16-17H,9H2,1H3/b15-10+. The van der Waals surface area contributed by atoms with Gasteiger partial charge in [-0.25, -0.2) is 9.78 Å². The fourth-order valence-corrected chi connectivity index (χ4v) is 4.66. The lowest BCUT2D eigenvalue weighted by molar-refractivity contribution is -0.152. The van der Waals surface area contributed by atoms with Gasteiger partial charge in [0, 0.05) is 29.1 Å². The minimum atomic E-state index is -0.783. The number of amides is 1. The van der Waals surface area contributed by atoms with Crippen LogP contribution in [0.4, 0.5) is 5.13 Å². The Bertz CT molecular complexity index is 995. The second kappa shape index (κ2) is 6.06. The van der Waals surface area contributed by atoms with E-state index in [9.17, 15) is 9.59 Å². The third-order valence-corrected chi connectivity index (χ3v) is 5.99. The highest BCUT2D eigenvalue weighted by Gasteiger charge is 2.50. The van der Waals surface area contributed by atoms with Crippen LogP contribution in [0.3, 0.4) is 0 Å². The summed E-state index contributed by atoms with van der Waals surface area (Å²) >= 11 is 1.44. The van der Waals surface area contributed by atoms with Gasteiger partial charge in [-0.2, -0.15) is 0 Å². The average molecular weight is 380 g/mol. The van der Waals surface area contributed by atoms with Crippen molar-refractivity contribution >= 4 is 28.3 Å². The molecule has 1 aromatic heterocycles. The van der Waals surface area contributed by atoms with Crippen molar-refractivity contribution in [1.29, 1.82) is 0 Å². The molecule has 3 heterocycles. The number of hydrogen-bond donors (Lipinski definition) is 0. The lowest BCUT2D eigenvalue weighted by Crippen LogP contribution is -2.27. The van der Waals surface area contributed by atoms with Crippen LogP contribution in [0.5, 0.6) is 0 Å². The van der Waals surface area contributed by atoms with E-state index in [2.05, 4.69) is 17.1 Å². The first-order valence-electron chi connectivity index (χ1n) is 8.69. The van der Waals surface area contributed by atoms with Gasteiger partial charge in [0.05, 0.1) is 17.9 Å². The minimum Gasteiger partial charge on any atom is -0.458 e. The Morgan fingerprint density at radius 2 is 2.19 bits per heavy atom. The topological polar surface area (TPSA) is 68.7 Å². The van der Waals surface area contributed by atoms with Crippen molar-refractivity contribution in [2.75, 3.05) is 4.90 Å². The molecule has 1 aromatic carbocycles. The van der Waals surface area contributed by atoms with Gasteiger partial charge in [-0.05, 0) is 24.5 Å². The summed E-state index contributed by atoms with van der Waals surface area (Å²) in [4.78, 5) is 30.8. The van der Waals surface area contributed by atoms with Crippen molar-refractivity contribution < 1.29 is 19.1 Å². The maximum Gasteiger partial charge on any atom is 0.336 e. The molecule has 3 unspecified atom stereocenters. The van der Waals surface area contributed by atoms with Gasteiger partial charge in [0.1, 0.15) is 0 Å². The van der Waals surface area contributed by atoms with Crippen LogP contribution in [0, 0.1) is 5.92 Å². The van der Waals surface area contributed by atoms with Crippen molar-refractivity contribution in [1.82, 2.24) is 4.98 Å². The molecule has 6 nitrogen and oxygen atoms in total. The molecule has 0 spiro atoms. The van der Waals surface area contributed by atoms with E-state index in [-0.39, 0.29) is 17.9 Å². The second-order valence-electron chi connectivity index (χ2n) is 6.78. The molecule has 1 saturated heterocycles. The maximum atomic E-state index is 13.2. The molecule has 1 amide bonds. The van der Waals surface area contributed by atoms with E-state index in [1.807, 2.05) is 17.5 Å². The summed E-state index contributed by atoms with van der Waals surface area (Å²) in [6.45, 7) is 1.67. The predicted octanol–water partition coefficient (Wildman–Crippen LogP) is 3.13. The number of nitrogens with zero attached hydrogens (tertiary/aromatic N) is 2. The molecule has 27 heavy (non-hydrogen) atoms. The molecular weight excluding hydrogens is 364 g/mol. The lowest BCUT2D eigenvalue weighted by atomic mass is 9.97. The number of carbonyl (C=O) groups is 2. The van der Waals surface area contributed by atoms with E-state index in [1.165, 1.54) is 23.2 Å². The molecule has 136 valence electrons. The van der Waals surface area contributed by atoms with Crippen LogP contribution < -0.4 is 4.90 Å². The normalized spacial score (nSPS) is 27.6. The Morgan fingerprint density at radius 1 is 1.33 bits per heavy atom. The van der Waals surface area contributed by atoms with Crippen molar-refractivity contribution in [3.05, 3.63) is 70.5 Å². The summed E-state index contributed by atoms with van der Waals surface area (Å²) in [5, 5.41) is 2.54. The monoisotopic (exact) mass is 380 g/mol. The Kier molecular flexibility index (Phi) is 3.65. The molecule has 7 heteroatoms. The van der Waals surface area contributed by atoms with Crippen molar-refractivity contribution in [3.8, 4) is 0 Å². The van der Waals surface area contributed by atoms with Gasteiger partial charge in [0.2, 0.25) is 0 Å². The third-order valence-electron chi connectivity index (χ3n) is 5.22. The zero-order valence-electron chi connectivity index (χ0n) is 14.5. The number of thiazole rings is 1. The number of fused-ring (bicyclic) bond motifs is 3. The summed E-state index contributed by atoms with van der Waals surface area (Å²) in [5.74, 6) is -0.521. The summed E-state index contributed by atoms with van der Waals surface area (Å²) < 4.78 is 10.7. The number of hydrogen-bond acceptors (Lipinski definition) is 6. The van der Waals surface area contributed by atoms with E-state index in [0.717, 1.165) is 12.0 Å². The molecule has 0 N–H and O–H groups in total. The third kappa shape index (κ3) is 2.49. The molecule has 3 atom stereocenters. The molecule has 2 aliphatic heterocycles. The van der Waals surface area contributed by atoms with Crippen LogP contribution in [-0.2, 0) is 25.5 Å². The zero-order chi connectivity index (χ0) is 18.5. The van der Waals surface area contributed by atoms with Gasteiger partial charge in [-0.3, -0.25) is 9.69 Å². The van der Waals surface area contributed by atoms with Crippen LogP contribution in [0.2, 0.25) is 0 Å². The fourth-order valence-electron chi connectivity index (χ4n) is 3.99. The summed E-state index contributed by atoms with van der Waals surface area (Å²) in [7, 11) is 0. The van der Waals surface area contributed by atoms with E-state index in [0.29, 0.717) is 16.3 Å².